The second-order valence-electron chi connectivity index (χ2n) is 2.27. The van der Waals surface area contributed by atoms with Gasteiger partial charge in [-0.2, -0.15) is 0 Å². The van der Waals surface area contributed by atoms with Gasteiger partial charge in [0.1, 0.15) is 0 Å². The van der Waals surface area contributed by atoms with Crippen LogP contribution < -0.4 is 0 Å². The quantitative estimate of drug-likeness (QED) is 0.598. The molecule has 0 saturated carbocycles. The molecular formula is C8H10OS. The molecule has 0 fully saturated rings. The fraction of sp³-hybridized carbons (Fsp3) is 0.375. The smallest absolute Gasteiger partial charge is 0.172 e. The van der Waals surface area contributed by atoms with E-state index in [9.17, 15) is 4.79 Å². The topological polar surface area (TPSA) is 17.1 Å². The standard InChI is InChI=1S/C8H10OS/c1-3-7(9)8-4-6(2)5-10-8/h4-5H,3H2,1-2H3. The molecule has 0 bridgehead atoms. The predicted molar refractivity (Wildman–Crippen MR) is 43.7 cm³/mol. The maximum absolute atomic E-state index is 11.0. The maximum atomic E-state index is 11.0. The number of thiophene rings is 1. The Morgan fingerprint density at radius 3 is 2.80 bits per heavy atom. The molecular weight excluding hydrogens is 144 g/mol. The number of rotatable bonds is 2. The van der Waals surface area contributed by atoms with Gasteiger partial charge in [0.05, 0.1) is 4.88 Å². The first-order valence-corrected chi connectivity index (χ1v) is 4.20. The van der Waals surface area contributed by atoms with E-state index in [0.29, 0.717) is 6.42 Å². The Hall–Kier alpha value is -0.630. The Morgan fingerprint density at radius 2 is 2.40 bits per heavy atom. The molecule has 0 aliphatic rings. The molecule has 1 aromatic heterocycles. The van der Waals surface area contributed by atoms with Gasteiger partial charge >= 0.3 is 0 Å². The summed E-state index contributed by atoms with van der Waals surface area (Å²) in [5.41, 5.74) is 1.18. The van der Waals surface area contributed by atoms with Gasteiger partial charge in [0.2, 0.25) is 0 Å². The van der Waals surface area contributed by atoms with Crippen molar-refractivity contribution in [2.24, 2.45) is 0 Å². The first-order chi connectivity index (χ1) is 4.74. The highest BCUT2D eigenvalue weighted by Gasteiger charge is 2.03. The summed E-state index contributed by atoms with van der Waals surface area (Å²) in [6.45, 7) is 3.89. The Bertz CT molecular complexity index is 237. The zero-order valence-corrected chi connectivity index (χ0v) is 6.99. The van der Waals surface area contributed by atoms with Gasteiger partial charge in [-0.05, 0) is 23.9 Å². The van der Waals surface area contributed by atoms with Gasteiger partial charge in [-0.1, -0.05) is 6.92 Å². The third kappa shape index (κ3) is 1.45. The second-order valence-corrected chi connectivity index (χ2v) is 3.18. The minimum Gasteiger partial charge on any atom is -0.293 e. The molecule has 0 amide bonds. The number of aryl methyl sites for hydroxylation is 1. The Labute approximate surface area is 64.7 Å². The summed E-state index contributed by atoms with van der Waals surface area (Å²) in [5, 5.41) is 2.00. The summed E-state index contributed by atoms with van der Waals surface area (Å²) in [6, 6.07) is 1.94. The van der Waals surface area contributed by atoms with Crippen LogP contribution in [0.3, 0.4) is 0 Å². The number of ketones is 1. The van der Waals surface area contributed by atoms with E-state index in [0.717, 1.165) is 4.88 Å². The molecule has 54 valence electrons. The first-order valence-electron chi connectivity index (χ1n) is 3.32. The van der Waals surface area contributed by atoms with Crippen LogP contribution in [0.5, 0.6) is 0 Å². The van der Waals surface area contributed by atoms with Crippen molar-refractivity contribution in [3.8, 4) is 0 Å². The summed E-state index contributed by atoms with van der Waals surface area (Å²) in [7, 11) is 0. The SMILES string of the molecule is CCC(=O)c1cc(C)cs1. The average molecular weight is 154 g/mol. The molecule has 0 atom stereocenters. The molecule has 0 aliphatic carbocycles. The van der Waals surface area contributed by atoms with Crippen molar-refractivity contribution in [2.75, 3.05) is 0 Å². The lowest BCUT2D eigenvalue weighted by atomic mass is 10.2. The van der Waals surface area contributed by atoms with Gasteiger partial charge in [-0.15, -0.1) is 11.3 Å². The van der Waals surface area contributed by atoms with Crippen LogP contribution in [0.15, 0.2) is 11.4 Å². The van der Waals surface area contributed by atoms with Crippen LogP contribution in [0.25, 0.3) is 0 Å². The van der Waals surface area contributed by atoms with Gasteiger partial charge in [-0.3, -0.25) is 4.79 Å². The summed E-state index contributed by atoms with van der Waals surface area (Å²) in [4.78, 5) is 11.9. The van der Waals surface area contributed by atoms with Crippen LogP contribution in [0, 0.1) is 6.92 Å². The average Bonchev–Trinajstić information content (AvgIpc) is 2.34. The number of carbonyl (C=O) groups is 1. The van der Waals surface area contributed by atoms with Crippen molar-refractivity contribution in [3.63, 3.8) is 0 Å². The lowest BCUT2D eigenvalue weighted by Crippen LogP contribution is -1.90. The third-order valence-corrected chi connectivity index (χ3v) is 2.42. The van der Waals surface area contributed by atoms with Crippen LogP contribution in [0.4, 0.5) is 0 Å². The summed E-state index contributed by atoms with van der Waals surface area (Å²) in [5.74, 6) is 0.248. The number of hydrogen-bond donors (Lipinski definition) is 0. The van der Waals surface area contributed by atoms with E-state index in [2.05, 4.69) is 0 Å². The largest absolute Gasteiger partial charge is 0.293 e. The van der Waals surface area contributed by atoms with Crippen molar-refractivity contribution in [1.29, 1.82) is 0 Å². The minimum atomic E-state index is 0.248. The lowest BCUT2D eigenvalue weighted by molar-refractivity contribution is 0.0992. The molecule has 1 nitrogen and oxygen atoms in total. The number of Topliss-reactive ketones (excluding diaryl/α,β-unsaturated/α-hetero) is 1. The Kier molecular flexibility index (Phi) is 2.22. The molecule has 0 aromatic carbocycles. The molecule has 0 saturated heterocycles. The molecule has 1 aromatic rings. The molecule has 0 radical (unpaired) electrons. The molecule has 2 heteroatoms. The molecule has 0 aliphatic heterocycles. The van der Waals surface area contributed by atoms with E-state index in [1.807, 2.05) is 25.3 Å². The maximum Gasteiger partial charge on any atom is 0.172 e. The van der Waals surface area contributed by atoms with Crippen LogP contribution in [0.1, 0.15) is 28.6 Å². The monoisotopic (exact) mass is 154 g/mol. The molecule has 0 N–H and O–H groups in total. The fourth-order valence-electron chi connectivity index (χ4n) is 0.752. The zero-order valence-electron chi connectivity index (χ0n) is 6.18. The van der Waals surface area contributed by atoms with Crippen LogP contribution in [0.2, 0.25) is 0 Å². The molecule has 0 spiro atoms. The Balaban J connectivity index is 2.85. The van der Waals surface area contributed by atoms with Gasteiger partial charge in [0.15, 0.2) is 5.78 Å². The molecule has 1 rings (SSSR count). The normalized spacial score (nSPS) is 9.80. The lowest BCUT2D eigenvalue weighted by Gasteiger charge is -1.87. The predicted octanol–water partition coefficient (Wildman–Crippen LogP) is 2.65. The fourth-order valence-corrected chi connectivity index (χ4v) is 1.66. The second kappa shape index (κ2) is 2.97. The first kappa shape index (κ1) is 7.48. The van der Waals surface area contributed by atoms with E-state index in [4.69, 9.17) is 0 Å². The van der Waals surface area contributed by atoms with Crippen molar-refractivity contribution in [1.82, 2.24) is 0 Å². The molecule has 1 heterocycles. The van der Waals surface area contributed by atoms with Gasteiger partial charge in [-0.25, -0.2) is 0 Å². The van der Waals surface area contributed by atoms with Crippen molar-refractivity contribution in [2.45, 2.75) is 20.3 Å². The molecule has 10 heavy (non-hydrogen) atoms. The zero-order chi connectivity index (χ0) is 7.56. The van der Waals surface area contributed by atoms with Crippen LogP contribution >= 0.6 is 11.3 Å². The summed E-state index contributed by atoms with van der Waals surface area (Å²) in [6.07, 6.45) is 0.611. The highest BCUT2D eigenvalue weighted by atomic mass is 32.1. The van der Waals surface area contributed by atoms with E-state index < -0.39 is 0 Å². The highest BCUT2D eigenvalue weighted by Crippen LogP contribution is 2.14. The van der Waals surface area contributed by atoms with E-state index in [1.165, 1.54) is 16.9 Å². The van der Waals surface area contributed by atoms with Gasteiger partial charge in [0, 0.05) is 6.42 Å². The van der Waals surface area contributed by atoms with Gasteiger partial charge in [0.25, 0.3) is 0 Å². The summed E-state index contributed by atoms with van der Waals surface area (Å²) < 4.78 is 0. The van der Waals surface area contributed by atoms with E-state index in [1.54, 1.807) is 0 Å². The summed E-state index contributed by atoms with van der Waals surface area (Å²) >= 11 is 1.53. The number of hydrogen-bond acceptors (Lipinski definition) is 2. The Morgan fingerprint density at radius 1 is 1.70 bits per heavy atom. The minimum absolute atomic E-state index is 0.248. The number of carbonyl (C=O) groups excluding carboxylic acids is 1. The van der Waals surface area contributed by atoms with Gasteiger partial charge < -0.3 is 0 Å². The van der Waals surface area contributed by atoms with Crippen molar-refractivity contribution in [3.05, 3.63) is 21.9 Å². The van der Waals surface area contributed by atoms with Crippen molar-refractivity contribution < 1.29 is 4.79 Å². The van der Waals surface area contributed by atoms with E-state index in [-0.39, 0.29) is 5.78 Å². The van der Waals surface area contributed by atoms with E-state index >= 15 is 0 Å². The van der Waals surface area contributed by atoms with Crippen molar-refractivity contribution >= 4 is 17.1 Å². The van der Waals surface area contributed by atoms with Crippen LogP contribution in [-0.2, 0) is 0 Å². The van der Waals surface area contributed by atoms with Crippen LogP contribution in [-0.4, -0.2) is 5.78 Å². The third-order valence-electron chi connectivity index (χ3n) is 1.33. The highest BCUT2D eigenvalue weighted by molar-refractivity contribution is 7.12. The molecule has 0 unspecified atom stereocenters.